The van der Waals surface area contributed by atoms with Crippen molar-refractivity contribution in [1.29, 1.82) is 0 Å². The van der Waals surface area contributed by atoms with E-state index in [2.05, 4.69) is 47.0 Å². The first-order chi connectivity index (χ1) is 9.40. The molecule has 0 aliphatic rings. The number of aromatic nitrogens is 1. The molecule has 0 spiro atoms. The number of methoxy groups -OCH3 is 1. The second kappa shape index (κ2) is 5.97. The molecule has 108 valence electrons. The van der Waals surface area contributed by atoms with Crippen molar-refractivity contribution in [3.8, 4) is 17.1 Å². The van der Waals surface area contributed by atoms with Gasteiger partial charge in [0.25, 0.3) is 0 Å². The lowest BCUT2D eigenvalue weighted by Gasteiger charge is -2.20. The summed E-state index contributed by atoms with van der Waals surface area (Å²) in [5.74, 6) is 1.54. The first-order valence-electron chi connectivity index (χ1n) is 6.42. The van der Waals surface area contributed by atoms with Gasteiger partial charge in [-0.25, -0.2) is 4.98 Å². The molecule has 5 heteroatoms. The molecule has 0 amide bonds. The molecule has 0 fully saturated rings. The van der Waals surface area contributed by atoms with Crippen LogP contribution in [0.4, 0.5) is 0 Å². The number of hydrogen-bond donors (Lipinski definition) is 1. The minimum absolute atomic E-state index is 0.0296. The molecule has 0 unspecified atom stereocenters. The molecule has 1 aromatic heterocycles. The lowest BCUT2D eigenvalue weighted by atomic mass is 10.1. The van der Waals surface area contributed by atoms with E-state index < -0.39 is 0 Å². The summed E-state index contributed by atoms with van der Waals surface area (Å²) in [6.07, 6.45) is 1.47. The van der Waals surface area contributed by atoms with E-state index in [0.717, 1.165) is 27.2 Å². The van der Waals surface area contributed by atoms with Gasteiger partial charge in [0, 0.05) is 22.1 Å². The zero-order valence-electron chi connectivity index (χ0n) is 12.2. The zero-order valence-corrected chi connectivity index (χ0v) is 13.7. The van der Waals surface area contributed by atoms with Gasteiger partial charge in [-0.2, -0.15) is 0 Å². The first-order valence-corrected chi connectivity index (χ1v) is 7.21. The molecule has 0 radical (unpaired) electrons. The number of ether oxygens (including phenoxy) is 1. The van der Waals surface area contributed by atoms with Crippen molar-refractivity contribution in [3.05, 3.63) is 34.8 Å². The van der Waals surface area contributed by atoms with E-state index in [0.29, 0.717) is 6.54 Å². The minimum atomic E-state index is 0.0296. The highest BCUT2D eigenvalue weighted by Crippen LogP contribution is 2.33. The van der Waals surface area contributed by atoms with E-state index >= 15 is 0 Å². The molecule has 2 rings (SSSR count). The van der Waals surface area contributed by atoms with Crippen molar-refractivity contribution < 1.29 is 9.15 Å². The van der Waals surface area contributed by atoms with E-state index in [4.69, 9.17) is 9.15 Å². The van der Waals surface area contributed by atoms with E-state index in [9.17, 15) is 0 Å². The highest BCUT2D eigenvalue weighted by molar-refractivity contribution is 9.10. The Kier molecular flexibility index (Phi) is 4.50. The summed E-state index contributed by atoms with van der Waals surface area (Å²) in [7, 11) is 1.65. The Bertz CT molecular complexity index is 588. The van der Waals surface area contributed by atoms with Crippen LogP contribution in [-0.2, 0) is 6.54 Å². The van der Waals surface area contributed by atoms with E-state index in [1.165, 1.54) is 6.39 Å². The predicted molar refractivity (Wildman–Crippen MR) is 82.8 cm³/mol. The molecular formula is C15H19BrN2O2. The summed E-state index contributed by atoms with van der Waals surface area (Å²) in [6.45, 7) is 7.01. The van der Waals surface area contributed by atoms with Crippen LogP contribution in [0, 0.1) is 0 Å². The molecular weight excluding hydrogens is 320 g/mol. The van der Waals surface area contributed by atoms with Gasteiger partial charge in [0.1, 0.15) is 11.4 Å². The average Bonchev–Trinajstić information content (AvgIpc) is 2.84. The second-order valence-electron chi connectivity index (χ2n) is 5.58. The Hall–Kier alpha value is -1.33. The van der Waals surface area contributed by atoms with Crippen LogP contribution in [0.1, 0.15) is 26.5 Å². The molecule has 1 heterocycles. The van der Waals surface area contributed by atoms with Crippen LogP contribution in [0.2, 0.25) is 0 Å². The Morgan fingerprint density at radius 3 is 2.75 bits per heavy atom. The third kappa shape index (κ3) is 3.61. The number of halogens is 1. The van der Waals surface area contributed by atoms with Gasteiger partial charge < -0.3 is 14.5 Å². The normalized spacial score (nSPS) is 11.7. The third-order valence-corrected chi connectivity index (χ3v) is 3.54. The summed E-state index contributed by atoms with van der Waals surface area (Å²) in [6, 6.07) is 5.78. The lowest BCUT2D eigenvalue weighted by molar-refractivity contribution is 0.414. The van der Waals surface area contributed by atoms with Crippen molar-refractivity contribution in [3.63, 3.8) is 0 Å². The Morgan fingerprint density at radius 1 is 1.35 bits per heavy atom. The number of oxazole rings is 1. The molecule has 2 aromatic rings. The summed E-state index contributed by atoms with van der Waals surface area (Å²) < 4.78 is 11.8. The van der Waals surface area contributed by atoms with Gasteiger partial charge in [-0.3, -0.25) is 0 Å². The minimum Gasteiger partial charge on any atom is -0.497 e. The molecule has 0 atom stereocenters. The maximum Gasteiger partial charge on any atom is 0.181 e. The fourth-order valence-corrected chi connectivity index (χ4v) is 2.20. The predicted octanol–water partition coefficient (Wildman–Crippen LogP) is 4.00. The smallest absolute Gasteiger partial charge is 0.181 e. The number of nitrogens with zero attached hydrogens (tertiary/aromatic N) is 1. The molecule has 0 saturated heterocycles. The number of benzene rings is 1. The Balaban J connectivity index is 2.32. The van der Waals surface area contributed by atoms with Crippen molar-refractivity contribution in [1.82, 2.24) is 10.3 Å². The van der Waals surface area contributed by atoms with Crippen LogP contribution in [0.5, 0.6) is 5.75 Å². The van der Waals surface area contributed by atoms with Gasteiger partial charge in [-0.1, -0.05) is 15.9 Å². The van der Waals surface area contributed by atoms with Gasteiger partial charge in [0.15, 0.2) is 12.2 Å². The summed E-state index contributed by atoms with van der Waals surface area (Å²) in [5, 5.41) is 3.41. The molecule has 0 aliphatic heterocycles. The van der Waals surface area contributed by atoms with Crippen molar-refractivity contribution in [2.75, 3.05) is 7.11 Å². The largest absolute Gasteiger partial charge is 0.497 e. The highest BCUT2D eigenvalue weighted by Gasteiger charge is 2.17. The number of rotatable bonds is 4. The average molecular weight is 339 g/mol. The Morgan fingerprint density at radius 2 is 2.10 bits per heavy atom. The van der Waals surface area contributed by atoms with Gasteiger partial charge in [0.2, 0.25) is 0 Å². The van der Waals surface area contributed by atoms with Crippen LogP contribution >= 0.6 is 15.9 Å². The van der Waals surface area contributed by atoms with E-state index in [1.807, 2.05) is 18.2 Å². The molecule has 4 nitrogen and oxygen atoms in total. The van der Waals surface area contributed by atoms with E-state index in [1.54, 1.807) is 7.11 Å². The third-order valence-electron chi connectivity index (χ3n) is 2.85. The van der Waals surface area contributed by atoms with Crippen LogP contribution in [0.15, 0.2) is 33.5 Å². The summed E-state index contributed by atoms with van der Waals surface area (Å²) in [4.78, 5) is 4.30. The molecule has 20 heavy (non-hydrogen) atoms. The molecule has 0 bridgehead atoms. The maximum atomic E-state index is 5.56. The van der Waals surface area contributed by atoms with Gasteiger partial charge in [0.05, 0.1) is 7.11 Å². The lowest BCUT2D eigenvalue weighted by Crippen LogP contribution is -2.35. The van der Waals surface area contributed by atoms with Crippen LogP contribution in [0.25, 0.3) is 11.3 Å². The topological polar surface area (TPSA) is 47.3 Å². The quantitative estimate of drug-likeness (QED) is 0.915. The molecule has 0 saturated carbocycles. The van der Waals surface area contributed by atoms with Crippen molar-refractivity contribution in [2.24, 2.45) is 0 Å². The van der Waals surface area contributed by atoms with Crippen molar-refractivity contribution >= 4 is 15.9 Å². The first kappa shape index (κ1) is 15.1. The molecule has 0 aliphatic carbocycles. The maximum absolute atomic E-state index is 5.56. The van der Waals surface area contributed by atoms with Gasteiger partial charge in [-0.15, -0.1) is 0 Å². The van der Waals surface area contributed by atoms with Gasteiger partial charge in [-0.05, 0) is 39.0 Å². The standard InChI is InChI=1S/C15H19BrN2O2/c1-15(2,3)18-8-13-14(20-9-17-13)11-7-10(19-4)5-6-12(11)16/h5-7,9,18H,8H2,1-4H3. The second-order valence-corrected chi connectivity index (χ2v) is 6.43. The summed E-state index contributed by atoms with van der Waals surface area (Å²) in [5.41, 5.74) is 1.85. The highest BCUT2D eigenvalue weighted by atomic mass is 79.9. The molecule has 1 aromatic carbocycles. The fourth-order valence-electron chi connectivity index (χ4n) is 1.77. The number of hydrogen-bond acceptors (Lipinski definition) is 4. The molecule has 1 N–H and O–H groups in total. The monoisotopic (exact) mass is 338 g/mol. The SMILES string of the molecule is COc1ccc(Br)c(-c2ocnc2CNC(C)(C)C)c1. The van der Waals surface area contributed by atoms with Crippen molar-refractivity contribution in [2.45, 2.75) is 32.9 Å². The summed E-state index contributed by atoms with van der Waals surface area (Å²) >= 11 is 3.54. The van der Waals surface area contributed by atoms with Gasteiger partial charge >= 0.3 is 0 Å². The Labute approximate surface area is 127 Å². The number of nitrogens with one attached hydrogen (secondary N) is 1. The fraction of sp³-hybridized carbons (Fsp3) is 0.400. The zero-order chi connectivity index (χ0) is 14.8. The van der Waals surface area contributed by atoms with E-state index in [-0.39, 0.29) is 5.54 Å². The van der Waals surface area contributed by atoms with Crippen LogP contribution in [0.3, 0.4) is 0 Å². The van der Waals surface area contributed by atoms with Crippen LogP contribution in [-0.4, -0.2) is 17.6 Å². The van der Waals surface area contributed by atoms with Crippen LogP contribution < -0.4 is 10.1 Å².